The molecule has 0 radical (unpaired) electrons. The van der Waals surface area contributed by atoms with Gasteiger partial charge in [-0.25, -0.2) is 0 Å². The van der Waals surface area contributed by atoms with Crippen molar-refractivity contribution < 1.29 is 5.32 Å². The topological polar surface area (TPSA) is 47.3 Å². The van der Waals surface area contributed by atoms with Crippen LogP contribution in [0.15, 0.2) is 55.0 Å². The molecule has 4 nitrogen and oxygen atoms in total. The SMILES string of the molecule is C[C@@H](Cn1cccn1)[NH2+]Cc1cccc2cccnc12. The monoisotopic (exact) mass is 267 g/mol. The van der Waals surface area contributed by atoms with Gasteiger partial charge in [-0.3, -0.25) is 9.67 Å². The molecular formula is C16H19N4+. The number of nitrogens with two attached hydrogens (primary N) is 1. The fourth-order valence-corrected chi connectivity index (χ4v) is 2.44. The third-order valence-electron chi connectivity index (χ3n) is 3.49. The van der Waals surface area contributed by atoms with E-state index in [1.807, 2.05) is 35.4 Å². The molecule has 2 N–H and O–H groups in total. The summed E-state index contributed by atoms with van der Waals surface area (Å²) in [4.78, 5) is 4.50. The number of quaternary nitrogens is 1. The van der Waals surface area contributed by atoms with Gasteiger partial charge in [-0.05, 0) is 19.1 Å². The van der Waals surface area contributed by atoms with Crippen LogP contribution in [0.1, 0.15) is 12.5 Å². The number of aromatic nitrogens is 3. The van der Waals surface area contributed by atoms with Crippen LogP contribution in [0.4, 0.5) is 0 Å². The largest absolute Gasteiger partial charge is 0.339 e. The summed E-state index contributed by atoms with van der Waals surface area (Å²) in [5.74, 6) is 0. The zero-order valence-corrected chi connectivity index (χ0v) is 11.6. The summed E-state index contributed by atoms with van der Waals surface area (Å²) in [6, 6.07) is 12.9. The third-order valence-corrected chi connectivity index (χ3v) is 3.49. The van der Waals surface area contributed by atoms with Crippen LogP contribution in [0.2, 0.25) is 0 Å². The number of fused-ring (bicyclic) bond motifs is 1. The molecule has 0 fully saturated rings. The van der Waals surface area contributed by atoms with E-state index in [2.05, 4.69) is 46.6 Å². The summed E-state index contributed by atoms with van der Waals surface area (Å²) in [6.45, 7) is 4.09. The number of pyridine rings is 1. The number of hydrogen-bond acceptors (Lipinski definition) is 2. The van der Waals surface area contributed by atoms with Gasteiger partial charge in [-0.15, -0.1) is 0 Å². The molecule has 0 aliphatic rings. The molecule has 1 atom stereocenters. The van der Waals surface area contributed by atoms with Gasteiger partial charge in [-0.1, -0.05) is 24.3 Å². The van der Waals surface area contributed by atoms with Gasteiger partial charge in [-0.2, -0.15) is 5.10 Å². The van der Waals surface area contributed by atoms with Gasteiger partial charge in [0.1, 0.15) is 12.6 Å². The zero-order chi connectivity index (χ0) is 13.8. The van der Waals surface area contributed by atoms with E-state index in [0.717, 1.165) is 18.6 Å². The Hall–Kier alpha value is -2.20. The highest BCUT2D eigenvalue weighted by Gasteiger charge is 2.08. The summed E-state index contributed by atoms with van der Waals surface area (Å²) >= 11 is 0. The predicted octanol–water partition coefficient (Wildman–Crippen LogP) is 1.58. The Bertz CT molecular complexity index is 671. The van der Waals surface area contributed by atoms with E-state index in [-0.39, 0.29) is 0 Å². The molecule has 0 saturated carbocycles. The Morgan fingerprint density at radius 3 is 2.90 bits per heavy atom. The molecule has 0 amide bonds. The standard InChI is InChI=1S/C16H18N4/c1-13(12-20-10-4-9-19-20)18-11-15-6-2-5-14-7-3-8-17-16(14)15/h2-10,13,18H,11-12H2,1H3/p+1/t13-/m0/s1. The Morgan fingerprint density at radius 1 is 1.15 bits per heavy atom. The lowest BCUT2D eigenvalue weighted by Crippen LogP contribution is -2.88. The second-order valence-electron chi connectivity index (χ2n) is 5.14. The predicted molar refractivity (Wildman–Crippen MR) is 79.1 cm³/mol. The van der Waals surface area contributed by atoms with E-state index in [9.17, 15) is 0 Å². The van der Waals surface area contributed by atoms with Crippen molar-refractivity contribution in [2.45, 2.75) is 26.1 Å². The van der Waals surface area contributed by atoms with E-state index >= 15 is 0 Å². The Labute approximate surface area is 118 Å². The summed E-state index contributed by atoms with van der Waals surface area (Å²) in [5.41, 5.74) is 2.40. The first-order valence-corrected chi connectivity index (χ1v) is 6.96. The molecule has 3 rings (SSSR count). The van der Waals surface area contributed by atoms with Crippen molar-refractivity contribution in [3.63, 3.8) is 0 Å². The first-order valence-electron chi connectivity index (χ1n) is 6.96. The maximum absolute atomic E-state index is 4.50. The third kappa shape index (κ3) is 2.86. The maximum Gasteiger partial charge on any atom is 0.104 e. The van der Waals surface area contributed by atoms with E-state index in [4.69, 9.17) is 0 Å². The molecule has 0 unspecified atom stereocenters. The minimum Gasteiger partial charge on any atom is -0.339 e. The van der Waals surface area contributed by atoms with Crippen LogP contribution in [0.3, 0.4) is 0 Å². The second kappa shape index (κ2) is 5.84. The molecule has 3 aromatic rings. The van der Waals surface area contributed by atoms with E-state index < -0.39 is 0 Å². The van der Waals surface area contributed by atoms with Crippen molar-refractivity contribution in [3.8, 4) is 0 Å². The van der Waals surface area contributed by atoms with Crippen LogP contribution in [-0.4, -0.2) is 20.8 Å². The quantitative estimate of drug-likeness (QED) is 0.763. The van der Waals surface area contributed by atoms with Crippen molar-refractivity contribution >= 4 is 10.9 Å². The lowest BCUT2D eigenvalue weighted by molar-refractivity contribution is -0.702. The van der Waals surface area contributed by atoms with Crippen LogP contribution >= 0.6 is 0 Å². The van der Waals surface area contributed by atoms with Gasteiger partial charge < -0.3 is 5.32 Å². The van der Waals surface area contributed by atoms with Gasteiger partial charge in [0.15, 0.2) is 0 Å². The van der Waals surface area contributed by atoms with Crippen LogP contribution < -0.4 is 5.32 Å². The molecule has 1 aromatic carbocycles. The highest BCUT2D eigenvalue weighted by molar-refractivity contribution is 5.81. The number of nitrogens with zero attached hydrogens (tertiary/aromatic N) is 3. The molecule has 0 saturated heterocycles. The van der Waals surface area contributed by atoms with Crippen LogP contribution in [-0.2, 0) is 13.1 Å². The van der Waals surface area contributed by atoms with Crippen molar-refractivity contribution in [1.29, 1.82) is 0 Å². The highest BCUT2D eigenvalue weighted by atomic mass is 15.3. The van der Waals surface area contributed by atoms with Crippen LogP contribution in [0, 0.1) is 0 Å². The summed E-state index contributed by atoms with van der Waals surface area (Å²) in [7, 11) is 0. The minimum atomic E-state index is 0.480. The minimum absolute atomic E-state index is 0.480. The van der Waals surface area contributed by atoms with E-state index in [1.54, 1.807) is 0 Å². The number of hydrogen-bond donors (Lipinski definition) is 1. The number of para-hydroxylation sites is 1. The van der Waals surface area contributed by atoms with E-state index in [0.29, 0.717) is 6.04 Å². The number of rotatable bonds is 5. The average Bonchev–Trinajstić information content (AvgIpc) is 2.98. The molecular weight excluding hydrogens is 248 g/mol. The first-order chi connectivity index (χ1) is 9.83. The molecule has 2 heterocycles. The lowest BCUT2D eigenvalue weighted by atomic mass is 10.1. The molecule has 2 aromatic heterocycles. The van der Waals surface area contributed by atoms with Crippen LogP contribution in [0.5, 0.6) is 0 Å². The van der Waals surface area contributed by atoms with Gasteiger partial charge in [0.25, 0.3) is 0 Å². The molecule has 102 valence electrons. The average molecular weight is 267 g/mol. The second-order valence-corrected chi connectivity index (χ2v) is 5.14. The fourth-order valence-electron chi connectivity index (χ4n) is 2.44. The fraction of sp³-hybridized carbons (Fsp3) is 0.250. The molecule has 0 aliphatic heterocycles. The van der Waals surface area contributed by atoms with Gasteiger partial charge in [0.05, 0.1) is 12.1 Å². The summed E-state index contributed by atoms with van der Waals surface area (Å²) in [6.07, 6.45) is 5.68. The Morgan fingerprint density at radius 2 is 2.05 bits per heavy atom. The summed E-state index contributed by atoms with van der Waals surface area (Å²) in [5, 5.41) is 7.79. The Kier molecular flexibility index (Phi) is 3.74. The Balaban J connectivity index is 1.67. The van der Waals surface area contributed by atoms with Crippen molar-refractivity contribution in [3.05, 3.63) is 60.6 Å². The van der Waals surface area contributed by atoms with Crippen molar-refractivity contribution in [1.82, 2.24) is 14.8 Å². The molecule has 20 heavy (non-hydrogen) atoms. The maximum atomic E-state index is 4.50. The normalized spacial score (nSPS) is 12.7. The molecule has 0 spiro atoms. The lowest BCUT2D eigenvalue weighted by Gasteiger charge is -2.11. The zero-order valence-electron chi connectivity index (χ0n) is 11.6. The molecule has 0 aliphatic carbocycles. The first kappa shape index (κ1) is 12.8. The molecule has 0 bridgehead atoms. The highest BCUT2D eigenvalue weighted by Crippen LogP contribution is 2.14. The van der Waals surface area contributed by atoms with Gasteiger partial charge in [0, 0.05) is 29.5 Å². The smallest absolute Gasteiger partial charge is 0.104 e. The van der Waals surface area contributed by atoms with Gasteiger partial charge >= 0.3 is 0 Å². The van der Waals surface area contributed by atoms with Crippen molar-refractivity contribution in [2.24, 2.45) is 0 Å². The molecule has 4 heteroatoms. The van der Waals surface area contributed by atoms with Crippen molar-refractivity contribution in [2.75, 3.05) is 0 Å². The van der Waals surface area contributed by atoms with Crippen LogP contribution in [0.25, 0.3) is 10.9 Å². The van der Waals surface area contributed by atoms with Gasteiger partial charge in [0.2, 0.25) is 0 Å². The number of benzene rings is 1. The summed E-state index contributed by atoms with van der Waals surface area (Å²) < 4.78 is 1.97. The van der Waals surface area contributed by atoms with E-state index in [1.165, 1.54) is 10.9 Å².